The van der Waals surface area contributed by atoms with Gasteiger partial charge in [-0.05, 0) is 0 Å². The highest BCUT2D eigenvalue weighted by atomic mass is 32.2. The van der Waals surface area contributed by atoms with Gasteiger partial charge in [0, 0.05) is 18.0 Å². The molecule has 1 rings (SSSR count). The molecule has 0 aliphatic rings. The van der Waals surface area contributed by atoms with Crippen LogP contribution in [0.3, 0.4) is 0 Å². The van der Waals surface area contributed by atoms with Crippen molar-refractivity contribution >= 4 is 16.9 Å². The maximum Gasteiger partial charge on any atom is 0.183 e. The predicted molar refractivity (Wildman–Crippen MR) is 60.6 cm³/mol. The standard InChI is InChI=1S/C9H13N3O2S/c1-13-7-3-4-12-6(8(7)14-2)5-15-9(10)11/h3-4H,5H2,1-2H3,(H3,10,11). The Morgan fingerprint density at radius 3 is 2.80 bits per heavy atom. The molecule has 0 unspecified atom stereocenters. The highest BCUT2D eigenvalue weighted by Gasteiger charge is 2.11. The molecule has 82 valence electrons. The lowest BCUT2D eigenvalue weighted by atomic mass is 10.3. The van der Waals surface area contributed by atoms with Crippen LogP contribution in [0.1, 0.15) is 5.69 Å². The lowest BCUT2D eigenvalue weighted by molar-refractivity contribution is 0.350. The number of nitrogens with one attached hydrogen (secondary N) is 1. The molecule has 15 heavy (non-hydrogen) atoms. The van der Waals surface area contributed by atoms with Crippen molar-refractivity contribution in [2.24, 2.45) is 5.73 Å². The number of methoxy groups -OCH3 is 2. The molecule has 5 nitrogen and oxygen atoms in total. The SMILES string of the molecule is COc1ccnc(CSC(=N)N)c1OC. The Balaban J connectivity index is 2.90. The van der Waals surface area contributed by atoms with Gasteiger partial charge in [-0.2, -0.15) is 0 Å². The molecule has 0 fully saturated rings. The summed E-state index contributed by atoms with van der Waals surface area (Å²) in [5.41, 5.74) is 5.97. The van der Waals surface area contributed by atoms with Crippen LogP contribution in [0.2, 0.25) is 0 Å². The van der Waals surface area contributed by atoms with Crippen LogP contribution in [0, 0.1) is 5.41 Å². The van der Waals surface area contributed by atoms with Crippen LogP contribution < -0.4 is 15.2 Å². The van der Waals surface area contributed by atoms with Crippen LogP contribution in [0.25, 0.3) is 0 Å². The average Bonchev–Trinajstić information content (AvgIpc) is 2.25. The van der Waals surface area contributed by atoms with E-state index in [1.54, 1.807) is 26.5 Å². The Bertz CT molecular complexity index is 357. The molecule has 0 bridgehead atoms. The van der Waals surface area contributed by atoms with E-state index in [4.69, 9.17) is 20.6 Å². The molecule has 0 amide bonds. The third-order valence-corrected chi connectivity index (χ3v) is 2.46. The van der Waals surface area contributed by atoms with Crippen LogP contribution in [0.4, 0.5) is 0 Å². The summed E-state index contributed by atoms with van der Waals surface area (Å²) in [5.74, 6) is 1.72. The Morgan fingerprint density at radius 2 is 2.27 bits per heavy atom. The van der Waals surface area contributed by atoms with Gasteiger partial charge in [-0.1, -0.05) is 11.8 Å². The second-order valence-electron chi connectivity index (χ2n) is 2.65. The highest BCUT2D eigenvalue weighted by molar-refractivity contribution is 8.13. The first kappa shape index (κ1) is 11.6. The van der Waals surface area contributed by atoms with Gasteiger partial charge in [-0.3, -0.25) is 10.4 Å². The van der Waals surface area contributed by atoms with Crippen molar-refractivity contribution in [1.82, 2.24) is 4.98 Å². The van der Waals surface area contributed by atoms with E-state index in [-0.39, 0.29) is 5.17 Å². The predicted octanol–water partition coefficient (Wildman–Crippen LogP) is 1.23. The Labute approximate surface area is 92.5 Å². The largest absolute Gasteiger partial charge is 0.493 e. The fourth-order valence-corrected chi connectivity index (χ4v) is 1.60. The van der Waals surface area contributed by atoms with Gasteiger partial charge in [0.25, 0.3) is 0 Å². The molecule has 1 heterocycles. The zero-order chi connectivity index (χ0) is 11.3. The zero-order valence-corrected chi connectivity index (χ0v) is 9.43. The molecule has 0 atom stereocenters. The fourth-order valence-electron chi connectivity index (χ4n) is 1.10. The number of nitrogens with two attached hydrogens (primary N) is 1. The summed E-state index contributed by atoms with van der Waals surface area (Å²) in [6.45, 7) is 0. The van der Waals surface area contributed by atoms with Gasteiger partial charge in [0.1, 0.15) is 0 Å². The maximum atomic E-state index is 7.11. The number of thioether (sulfide) groups is 1. The van der Waals surface area contributed by atoms with Crippen molar-refractivity contribution in [2.45, 2.75) is 5.75 Å². The van der Waals surface area contributed by atoms with Gasteiger partial charge < -0.3 is 15.2 Å². The minimum atomic E-state index is 0.0571. The highest BCUT2D eigenvalue weighted by Crippen LogP contribution is 2.30. The number of hydrogen-bond donors (Lipinski definition) is 2. The average molecular weight is 227 g/mol. The molecule has 0 aliphatic carbocycles. The zero-order valence-electron chi connectivity index (χ0n) is 8.61. The lowest BCUT2D eigenvalue weighted by Gasteiger charge is -2.10. The Morgan fingerprint density at radius 1 is 1.53 bits per heavy atom. The van der Waals surface area contributed by atoms with Gasteiger partial charge >= 0.3 is 0 Å². The molecule has 1 aromatic rings. The normalized spacial score (nSPS) is 9.73. The monoisotopic (exact) mass is 227 g/mol. The Kier molecular flexibility index (Phi) is 4.23. The van der Waals surface area contributed by atoms with Crippen LogP contribution in [-0.2, 0) is 5.75 Å². The summed E-state index contributed by atoms with van der Waals surface area (Å²) >= 11 is 1.20. The van der Waals surface area contributed by atoms with Crippen LogP contribution in [-0.4, -0.2) is 24.4 Å². The smallest absolute Gasteiger partial charge is 0.183 e. The van der Waals surface area contributed by atoms with Crippen LogP contribution in [0.15, 0.2) is 12.3 Å². The first-order chi connectivity index (χ1) is 7.19. The topological polar surface area (TPSA) is 81.2 Å². The van der Waals surface area contributed by atoms with E-state index in [0.717, 1.165) is 5.69 Å². The third-order valence-electron chi connectivity index (χ3n) is 1.73. The molecule has 0 aliphatic heterocycles. The molecule has 0 radical (unpaired) electrons. The van der Waals surface area contributed by atoms with Gasteiger partial charge in [0.15, 0.2) is 16.7 Å². The van der Waals surface area contributed by atoms with E-state index in [9.17, 15) is 0 Å². The van der Waals surface area contributed by atoms with Gasteiger partial charge in [-0.15, -0.1) is 0 Å². The van der Waals surface area contributed by atoms with Crippen molar-refractivity contribution in [3.05, 3.63) is 18.0 Å². The molecule has 0 aromatic carbocycles. The summed E-state index contributed by atoms with van der Waals surface area (Å²) < 4.78 is 10.3. The van der Waals surface area contributed by atoms with E-state index in [0.29, 0.717) is 17.3 Å². The molecule has 0 spiro atoms. The Hall–Kier alpha value is -1.43. The number of aromatic nitrogens is 1. The molecular formula is C9H13N3O2S. The molecular weight excluding hydrogens is 214 g/mol. The van der Waals surface area contributed by atoms with Crippen molar-refractivity contribution in [3.63, 3.8) is 0 Å². The quantitative estimate of drug-likeness (QED) is 0.597. The van der Waals surface area contributed by atoms with Crippen LogP contribution >= 0.6 is 11.8 Å². The number of rotatable bonds is 4. The molecule has 0 saturated carbocycles. The number of amidine groups is 1. The minimum Gasteiger partial charge on any atom is -0.493 e. The van der Waals surface area contributed by atoms with Crippen molar-refractivity contribution < 1.29 is 9.47 Å². The first-order valence-electron chi connectivity index (χ1n) is 4.21. The first-order valence-corrected chi connectivity index (χ1v) is 5.20. The molecule has 6 heteroatoms. The van der Waals surface area contributed by atoms with Gasteiger partial charge in [0.2, 0.25) is 0 Å². The molecule has 1 aromatic heterocycles. The van der Waals surface area contributed by atoms with Crippen molar-refractivity contribution in [3.8, 4) is 11.5 Å². The van der Waals surface area contributed by atoms with E-state index < -0.39 is 0 Å². The number of ether oxygens (including phenoxy) is 2. The van der Waals surface area contributed by atoms with E-state index in [1.165, 1.54) is 11.8 Å². The summed E-state index contributed by atoms with van der Waals surface area (Å²) in [7, 11) is 3.13. The van der Waals surface area contributed by atoms with E-state index in [1.807, 2.05) is 0 Å². The van der Waals surface area contributed by atoms with Crippen molar-refractivity contribution in [1.29, 1.82) is 5.41 Å². The van der Waals surface area contributed by atoms with Crippen molar-refractivity contribution in [2.75, 3.05) is 14.2 Å². The lowest BCUT2D eigenvalue weighted by Crippen LogP contribution is -2.05. The van der Waals surface area contributed by atoms with E-state index in [2.05, 4.69) is 4.98 Å². The second-order valence-corrected chi connectivity index (χ2v) is 3.66. The number of nitrogens with zero attached hydrogens (tertiary/aromatic N) is 1. The maximum absolute atomic E-state index is 7.11. The summed E-state index contributed by atoms with van der Waals surface area (Å²) in [6, 6.07) is 1.72. The molecule has 0 saturated heterocycles. The summed E-state index contributed by atoms with van der Waals surface area (Å²) in [6.07, 6.45) is 1.64. The number of hydrogen-bond acceptors (Lipinski definition) is 5. The van der Waals surface area contributed by atoms with Gasteiger partial charge in [-0.25, -0.2) is 0 Å². The fraction of sp³-hybridized carbons (Fsp3) is 0.333. The molecule has 3 N–H and O–H groups in total. The minimum absolute atomic E-state index is 0.0571. The number of pyridine rings is 1. The van der Waals surface area contributed by atoms with Crippen LogP contribution in [0.5, 0.6) is 11.5 Å². The van der Waals surface area contributed by atoms with Gasteiger partial charge in [0.05, 0.1) is 19.9 Å². The van der Waals surface area contributed by atoms with E-state index >= 15 is 0 Å². The third kappa shape index (κ3) is 3.02. The summed E-state index contributed by atoms with van der Waals surface area (Å²) in [4.78, 5) is 4.15. The summed E-state index contributed by atoms with van der Waals surface area (Å²) in [5, 5.41) is 7.17. The second kappa shape index (κ2) is 5.45.